The van der Waals surface area contributed by atoms with E-state index in [4.69, 9.17) is 16.3 Å². The summed E-state index contributed by atoms with van der Waals surface area (Å²) in [5.41, 5.74) is 1.06. The van der Waals surface area contributed by atoms with Gasteiger partial charge in [0.05, 0.1) is 0 Å². The molecule has 1 rings (SSSR count). The van der Waals surface area contributed by atoms with Crippen LogP contribution < -0.4 is 0 Å². The Hall–Kier alpha value is -0.600. The lowest BCUT2D eigenvalue weighted by Gasteiger charge is -2.08. The Labute approximate surface area is 88.8 Å². The van der Waals surface area contributed by atoms with Gasteiger partial charge in [0.2, 0.25) is 0 Å². The van der Waals surface area contributed by atoms with Crippen LogP contribution in [0.2, 0.25) is 0 Å². The van der Waals surface area contributed by atoms with E-state index in [0.717, 1.165) is 18.4 Å². The first-order valence-electron chi connectivity index (χ1n) is 4.60. The molecule has 78 valence electrons. The molecule has 0 bridgehead atoms. The minimum absolute atomic E-state index is 0.0559. The lowest BCUT2D eigenvalue weighted by molar-refractivity contribution is 0.194. The molecule has 1 aromatic rings. The summed E-state index contributed by atoms with van der Waals surface area (Å²) in [5, 5.41) is 0.0559. The molecule has 1 unspecified atom stereocenters. The number of alkyl halides is 1. The van der Waals surface area contributed by atoms with Gasteiger partial charge in [-0.05, 0) is 30.5 Å². The smallest absolute Gasteiger partial charge is 0.123 e. The fourth-order valence-corrected chi connectivity index (χ4v) is 1.49. The lowest BCUT2D eigenvalue weighted by atomic mass is 10.1. The van der Waals surface area contributed by atoms with E-state index in [1.54, 1.807) is 19.2 Å². The SMILES string of the molecule is COCCC(Cl)Cc1ccc(F)cc1. The Bertz CT molecular complexity index is 260. The Morgan fingerprint density at radius 3 is 2.57 bits per heavy atom. The number of ether oxygens (including phenoxy) is 1. The van der Waals surface area contributed by atoms with Crippen molar-refractivity contribution in [2.75, 3.05) is 13.7 Å². The van der Waals surface area contributed by atoms with Gasteiger partial charge in [-0.15, -0.1) is 11.6 Å². The third kappa shape index (κ3) is 4.07. The highest BCUT2D eigenvalue weighted by Gasteiger charge is 2.05. The fraction of sp³-hybridized carbons (Fsp3) is 0.455. The highest BCUT2D eigenvalue weighted by atomic mass is 35.5. The molecular weight excluding hydrogens is 203 g/mol. The van der Waals surface area contributed by atoms with Crippen LogP contribution in [0.15, 0.2) is 24.3 Å². The van der Waals surface area contributed by atoms with Gasteiger partial charge in [-0.25, -0.2) is 4.39 Å². The van der Waals surface area contributed by atoms with Gasteiger partial charge in [0.25, 0.3) is 0 Å². The van der Waals surface area contributed by atoms with E-state index in [2.05, 4.69) is 0 Å². The summed E-state index contributed by atoms with van der Waals surface area (Å²) in [5.74, 6) is -0.211. The van der Waals surface area contributed by atoms with Gasteiger partial charge >= 0.3 is 0 Å². The van der Waals surface area contributed by atoms with Crippen molar-refractivity contribution in [3.05, 3.63) is 35.6 Å². The van der Waals surface area contributed by atoms with Crippen LogP contribution >= 0.6 is 11.6 Å². The second-order valence-electron chi connectivity index (χ2n) is 3.21. The van der Waals surface area contributed by atoms with Crippen LogP contribution in [0.25, 0.3) is 0 Å². The van der Waals surface area contributed by atoms with Crippen molar-refractivity contribution in [1.82, 2.24) is 0 Å². The molecule has 0 aliphatic carbocycles. The number of hydrogen-bond donors (Lipinski definition) is 0. The number of methoxy groups -OCH3 is 1. The second kappa shape index (κ2) is 5.99. The van der Waals surface area contributed by atoms with Crippen LogP contribution in [-0.4, -0.2) is 19.1 Å². The third-order valence-electron chi connectivity index (χ3n) is 2.01. The molecule has 0 N–H and O–H groups in total. The first-order chi connectivity index (χ1) is 6.72. The van der Waals surface area contributed by atoms with Gasteiger partial charge in [-0.3, -0.25) is 0 Å². The molecule has 0 aromatic heterocycles. The number of rotatable bonds is 5. The van der Waals surface area contributed by atoms with Gasteiger partial charge in [0, 0.05) is 19.1 Å². The molecule has 0 radical (unpaired) electrons. The average molecular weight is 217 g/mol. The Morgan fingerprint density at radius 2 is 2.00 bits per heavy atom. The maximum Gasteiger partial charge on any atom is 0.123 e. The van der Waals surface area contributed by atoms with Crippen LogP contribution in [0.3, 0.4) is 0 Å². The summed E-state index contributed by atoms with van der Waals surface area (Å²) in [7, 11) is 1.65. The van der Waals surface area contributed by atoms with Crippen LogP contribution in [0.1, 0.15) is 12.0 Å². The molecule has 0 aliphatic rings. The molecule has 1 atom stereocenters. The van der Waals surface area contributed by atoms with Gasteiger partial charge in [-0.1, -0.05) is 12.1 Å². The molecule has 0 fully saturated rings. The zero-order valence-corrected chi connectivity index (χ0v) is 8.93. The molecule has 0 saturated heterocycles. The second-order valence-corrected chi connectivity index (χ2v) is 3.83. The van der Waals surface area contributed by atoms with E-state index < -0.39 is 0 Å². The standard InChI is InChI=1S/C11H14ClFO/c1-14-7-6-10(12)8-9-2-4-11(13)5-3-9/h2-5,10H,6-8H2,1H3. The molecule has 0 heterocycles. The van der Waals surface area contributed by atoms with Gasteiger partial charge < -0.3 is 4.74 Å². The topological polar surface area (TPSA) is 9.23 Å². The summed E-state index contributed by atoms with van der Waals surface area (Å²) in [6.45, 7) is 0.662. The average Bonchev–Trinajstić information content (AvgIpc) is 2.18. The highest BCUT2D eigenvalue weighted by Crippen LogP contribution is 2.12. The van der Waals surface area contributed by atoms with Crippen LogP contribution in [0, 0.1) is 5.82 Å². The number of hydrogen-bond acceptors (Lipinski definition) is 1. The van der Waals surface area contributed by atoms with Crippen molar-refractivity contribution < 1.29 is 9.13 Å². The predicted molar refractivity (Wildman–Crippen MR) is 56.2 cm³/mol. The Kier molecular flexibility index (Phi) is 4.91. The number of halogens is 2. The summed E-state index contributed by atoms with van der Waals surface area (Å²) in [4.78, 5) is 0. The van der Waals surface area contributed by atoms with Crippen molar-refractivity contribution in [2.24, 2.45) is 0 Å². The molecule has 1 aromatic carbocycles. The highest BCUT2D eigenvalue weighted by molar-refractivity contribution is 6.20. The number of benzene rings is 1. The van der Waals surface area contributed by atoms with E-state index >= 15 is 0 Å². The molecule has 14 heavy (non-hydrogen) atoms. The van der Waals surface area contributed by atoms with Gasteiger partial charge in [0.1, 0.15) is 5.82 Å². The fourth-order valence-electron chi connectivity index (χ4n) is 1.22. The van der Waals surface area contributed by atoms with E-state index in [1.807, 2.05) is 0 Å². The summed E-state index contributed by atoms with van der Waals surface area (Å²) in [6.07, 6.45) is 1.57. The van der Waals surface area contributed by atoms with Crippen molar-refractivity contribution in [3.8, 4) is 0 Å². The zero-order chi connectivity index (χ0) is 10.4. The monoisotopic (exact) mass is 216 g/mol. The minimum atomic E-state index is -0.211. The van der Waals surface area contributed by atoms with Crippen molar-refractivity contribution >= 4 is 11.6 Å². The quantitative estimate of drug-likeness (QED) is 0.688. The summed E-state index contributed by atoms with van der Waals surface area (Å²) in [6, 6.07) is 6.43. The molecule has 0 saturated carbocycles. The van der Waals surface area contributed by atoms with Crippen molar-refractivity contribution in [2.45, 2.75) is 18.2 Å². The van der Waals surface area contributed by atoms with E-state index in [1.165, 1.54) is 12.1 Å². The third-order valence-corrected chi connectivity index (χ3v) is 2.38. The molecule has 0 aliphatic heterocycles. The molecular formula is C11H14ClFO. The van der Waals surface area contributed by atoms with E-state index in [9.17, 15) is 4.39 Å². The maximum atomic E-state index is 12.6. The van der Waals surface area contributed by atoms with Gasteiger partial charge in [0.15, 0.2) is 0 Å². The maximum absolute atomic E-state index is 12.6. The molecule has 3 heteroatoms. The Balaban J connectivity index is 2.39. The lowest BCUT2D eigenvalue weighted by Crippen LogP contribution is -2.06. The first-order valence-corrected chi connectivity index (χ1v) is 5.03. The first kappa shape index (κ1) is 11.5. The van der Waals surface area contributed by atoms with Crippen LogP contribution in [0.4, 0.5) is 4.39 Å². The van der Waals surface area contributed by atoms with E-state index in [-0.39, 0.29) is 11.2 Å². The molecule has 0 spiro atoms. The zero-order valence-electron chi connectivity index (χ0n) is 8.17. The summed E-state index contributed by atoms with van der Waals surface area (Å²) >= 11 is 6.06. The normalized spacial score (nSPS) is 12.8. The van der Waals surface area contributed by atoms with E-state index in [0.29, 0.717) is 6.61 Å². The summed E-state index contributed by atoms with van der Waals surface area (Å²) < 4.78 is 17.5. The Morgan fingerprint density at radius 1 is 1.36 bits per heavy atom. The molecule has 1 nitrogen and oxygen atoms in total. The van der Waals surface area contributed by atoms with Gasteiger partial charge in [-0.2, -0.15) is 0 Å². The largest absolute Gasteiger partial charge is 0.385 e. The van der Waals surface area contributed by atoms with Crippen molar-refractivity contribution in [3.63, 3.8) is 0 Å². The minimum Gasteiger partial charge on any atom is -0.385 e. The molecule has 0 amide bonds. The van der Waals surface area contributed by atoms with Crippen LogP contribution in [-0.2, 0) is 11.2 Å². The predicted octanol–water partition coefficient (Wildman–Crippen LogP) is 3.01. The van der Waals surface area contributed by atoms with Crippen molar-refractivity contribution in [1.29, 1.82) is 0 Å². The van der Waals surface area contributed by atoms with Crippen LogP contribution in [0.5, 0.6) is 0 Å².